The summed E-state index contributed by atoms with van der Waals surface area (Å²) in [4.78, 5) is 15.2. The monoisotopic (exact) mass is 847 g/mol. The fraction of sp³-hybridized carbons (Fsp3) is 0.200. The SMILES string of the molecule is COc1ccc(CN(Cc2ccc(OC)cc2)S(=O)(=O)c2cnc(Cl)nc2)cc1.COc1ccc(CN(Cc2ccc(OC)cc2)S(=O)(=O)c2cnc(N)nc2)cc1. The fourth-order valence-corrected chi connectivity index (χ4v) is 8.09. The highest BCUT2D eigenvalue weighted by Gasteiger charge is 2.27. The Bertz CT molecular complexity index is 2150. The molecule has 18 heteroatoms. The van der Waals surface area contributed by atoms with Gasteiger partial charge in [-0.2, -0.15) is 8.61 Å². The van der Waals surface area contributed by atoms with E-state index in [0.717, 1.165) is 22.3 Å². The molecule has 2 heterocycles. The van der Waals surface area contributed by atoms with Crippen molar-refractivity contribution in [1.29, 1.82) is 0 Å². The van der Waals surface area contributed by atoms with E-state index in [1.807, 2.05) is 48.5 Å². The van der Waals surface area contributed by atoms with Gasteiger partial charge in [-0.15, -0.1) is 0 Å². The van der Waals surface area contributed by atoms with Crippen LogP contribution in [0.15, 0.2) is 132 Å². The van der Waals surface area contributed by atoms with Gasteiger partial charge in [0.2, 0.25) is 31.3 Å². The number of ether oxygens (including phenoxy) is 4. The molecule has 0 fully saturated rings. The smallest absolute Gasteiger partial charge is 0.246 e. The van der Waals surface area contributed by atoms with Gasteiger partial charge in [0.15, 0.2) is 0 Å². The summed E-state index contributed by atoms with van der Waals surface area (Å²) in [5.74, 6) is 2.81. The summed E-state index contributed by atoms with van der Waals surface area (Å²) in [5, 5.41) is -0.0131. The van der Waals surface area contributed by atoms with Crippen LogP contribution in [0.4, 0.5) is 5.95 Å². The maximum atomic E-state index is 13.3. The lowest BCUT2D eigenvalue weighted by atomic mass is 10.2. The summed E-state index contributed by atoms with van der Waals surface area (Å²) < 4.78 is 76.4. The topological polar surface area (TPSA) is 189 Å². The predicted molar refractivity (Wildman–Crippen MR) is 218 cm³/mol. The first kappa shape index (κ1) is 43.3. The van der Waals surface area contributed by atoms with Crippen molar-refractivity contribution in [3.63, 3.8) is 0 Å². The molecule has 58 heavy (non-hydrogen) atoms. The van der Waals surface area contributed by atoms with Gasteiger partial charge in [-0.3, -0.25) is 0 Å². The Morgan fingerprint density at radius 3 is 0.948 bits per heavy atom. The van der Waals surface area contributed by atoms with Crippen molar-refractivity contribution in [2.45, 2.75) is 36.0 Å². The minimum absolute atomic E-state index is 0.0131. The highest BCUT2D eigenvalue weighted by atomic mass is 35.5. The summed E-state index contributed by atoms with van der Waals surface area (Å²) >= 11 is 5.70. The van der Waals surface area contributed by atoms with Gasteiger partial charge in [0.25, 0.3) is 0 Å². The van der Waals surface area contributed by atoms with Crippen molar-refractivity contribution in [2.75, 3.05) is 34.2 Å². The standard InChI is InChI=1S/C20H20ClN3O4S.C20H22N4O4S/c2*1-27-17-7-3-15(4-8-17)13-24(14-16-5-9-18(28-2)10-6-16)29(25,26)19-11-22-20(21)23-12-19/h3-12H,13-14H2,1-2H3;3-12H,13-14H2,1-2H3,(H2,21,22,23). The number of benzene rings is 4. The number of aromatic nitrogens is 4. The molecule has 0 saturated carbocycles. The number of nitrogens with zero attached hydrogens (tertiary/aromatic N) is 6. The zero-order chi connectivity index (χ0) is 41.7. The largest absolute Gasteiger partial charge is 0.497 e. The van der Waals surface area contributed by atoms with Crippen LogP contribution in [-0.2, 0) is 46.2 Å². The van der Waals surface area contributed by atoms with Crippen LogP contribution in [0.2, 0.25) is 5.28 Å². The first-order chi connectivity index (χ1) is 27.8. The van der Waals surface area contributed by atoms with Gasteiger partial charge in [0.05, 0.1) is 53.2 Å². The molecule has 0 atom stereocenters. The molecular weight excluding hydrogens is 806 g/mol. The van der Waals surface area contributed by atoms with Crippen molar-refractivity contribution in [3.05, 3.63) is 149 Å². The molecule has 0 aliphatic rings. The Labute approximate surface area is 343 Å². The Morgan fingerprint density at radius 2 is 0.707 bits per heavy atom. The van der Waals surface area contributed by atoms with Gasteiger partial charge >= 0.3 is 0 Å². The lowest BCUT2D eigenvalue weighted by Gasteiger charge is -2.22. The van der Waals surface area contributed by atoms with Gasteiger partial charge in [0, 0.05) is 26.2 Å². The minimum Gasteiger partial charge on any atom is -0.497 e. The van der Waals surface area contributed by atoms with Gasteiger partial charge in [-0.25, -0.2) is 36.8 Å². The second-order valence-corrected chi connectivity index (χ2v) is 16.6. The average Bonchev–Trinajstić information content (AvgIpc) is 3.24. The Morgan fingerprint density at radius 1 is 0.466 bits per heavy atom. The Kier molecular flexibility index (Phi) is 14.9. The number of hydrogen-bond acceptors (Lipinski definition) is 13. The van der Waals surface area contributed by atoms with Gasteiger partial charge in [-0.05, 0) is 82.4 Å². The summed E-state index contributed by atoms with van der Waals surface area (Å²) in [5.41, 5.74) is 8.77. The summed E-state index contributed by atoms with van der Waals surface area (Å²) in [6.07, 6.45) is 4.85. The first-order valence-corrected chi connectivity index (χ1v) is 20.7. The number of sulfonamides is 2. The molecule has 0 unspecified atom stereocenters. The number of hydrogen-bond donors (Lipinski definition) is 1. The zero-order valence-electron chi connectivity index (χ0n) is 32.1. The number of nitrogens with two attached hydrogens (primary N) is 1. The van der Waals surface area contributed by atoms with Gasteiger partial charge in [0.1, 0.15) is 32.8 Å². The summed E-state index contributed by atoms with van der Waals surface area (Å²) in [7, 11) is -1.40. The van der Waals surface area contributed by atoms with Gasteiger partial charge < -0.3 is 24.7 Å². The molecule has 2 N–H and O–H groups in total. The third-order valence-electron chi connectivity index (χ3n) is 8.59. The zero-order valence-corrected chi connectivity index (χ0v) is 34.5. The molecule has 0 spiro atoms. The van der Waals surface area contributed by atoms with E-state index in [1.54, 1.807) is 77.0 Å². The quantitative estimate of drug-likeness (QED) is 0.112. The molecule has 0 bridgehead atoms. The third kappa shape index (κ3) is 11.6. The molecule has 15 nitrogen and oxygen atoms in total. The average molecular weight is 848 g/mol. The normalized spacial score (nSPS) is 11.4. The molecule has 4 aromatic carbocycles. The lowest BCUT2D eigenvalue weighted by molar-refractivity contribution is 0.397. The molecule has 2 aromatic heterocycles. The highest BCUT2D eigenvalue weighted by molar-refractivity contribution is 7.89. The number of anilines is 1. The first-order valence-electron chi connectivity index (χ1n) is 17.4. The number of rotatable bonds is 16. The van der Waals surface area contributed by atoms with E-state index in [-0.39, 0.29) is 47.2 Å². The lowest BCUT2D eigenvalue weighted by Crippen LogP contribution is -2.30. The van der Waals surface area contributed by atoms with Crippen LogP contribution in [0.1, 0.15) is 22.3 Å². The van der Waals surface area contributed by atoms with E-state index in [4.69, 9.17) is 36.3 Å². The minimum atomic E-state index is -3.86. The summed E-state index contributed by atoms with van der Waals surface area (Å²) in [6, 6.07) is 28.9. The van der Waals surface area contributed by atoms with Crippen LogP contribution in [-0.4, -0.2) is 73.8 Å². The van der Waals surface area contributed by atoms with E-state index in [0.29, 0.717) is 23.0 Å². The number of nitrogen functional groups attached to an aromatic ring is 1. The molecule has 0 aliphatic carbocycles. The second-order valence-electron chi connectivity index (χ2n) is 12.4. The van der Waals surface area contributed by atoms with Crippen LogP contribution in [0.3, 0.4) is 0 Å². The van der Waals surface area contributed by atoms with Crippen LogP contribution in [0, 0.1) is 0 Å². The van der Waals surface area contributed by atoms with Crippen LogP contribution in [0.25, 0.3) is 0 Å². The Hall–Kier alpha value is -5.85. The van der Waals surface area contributed by atoms with E-state index in [1.165, 1.54) is 33.4 Å². The van der Waals surface area contributed by atoms with Crippen LogP contribution >= 0.6 is 11.6 Å². The van der Waals surface area contributed by atoms with Crippen molar-refractivity contribution in [1.82, 2.24) is 28.5 Å². The number of methoxy groups -OCH3 is 4. The molecule has 6 aromatic rings. The summed E-state index contributed by atoms with van der Waals surface area (Å²) in [6.45, 7) is 0.674. The van der Waals surface area contributed by atoms with E-state index in [9.17, 15) is 16.8 Å². The predicted octanol–water partition coefficient (Wildman–Crippen LogP) is 6.01. The molecular formula is C40H42ClN7O8S2. The van der Waals surface area contributed by atoms with Gasteiger partial charge in [-0.1, -0.05) is 48.5 Å². The molecule has 0 amide bonds. The Balaban J connectivity index is 0.000000221. The van der Waals surface area contributed by atoms with E-state index in [2.05, 4.69) is 19.9 Å². The highest BCUT2D eigenvalue weighted by Crippen LogP contribution is 2.25. The molecule has 304 valence electrons. The molecule has 0 radical (unpaired) electrons. The fourth-order valence-electron chi connectivity index (χ4n) is 5.38. The van der Waals surface area contributed by atoms with Crippen molar-refractivity contribution < 1.29 is 35.8 Å². The van der Waals surface area contributed by atoms with Crippen molar-refractivity contribution in [3.8, 4) is 23.0 Å². The maximum absolute atomic E-state index is 13.3. The van der Waals surface area contributed by atoms with Crippen LogP contribution in [0.5, 0.6) is 23.0 Å². The van der Waals surface area contributed by atoms with E-state index >= 15 is 0 Å². The van der Waals surface area contributed by atoms with Crippen molar-refractivity contribution >= 4 is 37.6 Å². The maximum Gasteiger partial charge on any atom is 0.246 e. The third-order valence-corrected chi connectivity index (χ3v) is 12.3. The van der Waals surface area contributed by atoms with Crippen LogP contribution < -0.4 is 24.7 Å². The number of halogens is 1. The van der Waals surface area contributed by atoms with Crippen molar-refractivity contribution in [2.24, 2.45) is 0 Å². The van der Waals surface area contributed by atoms with E-state index < -0.39 is 20.0 Å². The second kappa shape index (κ2) is 20.0. The molecule has 0 saturated heterocycles. The molecule has 6 rings (SSSR count). The molecule has 0 aliphatic heterocycles.